The Balaban J connectivity index is 1.82. The van der Waals surface area contributed by atoms with Crippen LogP contribution in [0, 0.1) is 5.82 Å². The van der Waals surface area contributed by atoms with Crippen LogP contribution in [0.1, 0.15) is 22.3 Å². The molecule has 0 radical (unpaired) electrons. The Morgan fingerprint density at radius 3 is 2.52 bits per heavy atom. The third kappa shape index (κ3) is 2.93. The van der Waals surface area contributed by atoms with Crippen molar-refractivity contribution < 1.29 is 9.13 Å². The molecule has 0 fully saturated rings. The molecule has 1 unspecified atom stereocenters. The zero-order valence-corrected chi connectivity index (χ0v) is 16.7. The monoisotopic (exact) mass is 411 g/mol. The molecular formula is C24H18FN5O. The SMILES string of the molecule is COc1cc(C2(c3ccc(F)c(-c4cncnc4)c3)N=C(N)c3ccccc32)ccn1. The molecule has 0 aliphatic carbocycles. The first-order chi connectivity index (χ1) is 15.1. The minimum absolute atomic E-state index is 0.371. The zero-order valence-electron chi connectivity index (χ0n) is 16.7. The van der Waals surface area contributed by atoms with E-state index in [1.807, 2.05) is 36.4 Å². The van der Waals surface area contributed by atoms with Crippen LogP contribution in [0.25, 0.3) is 11.1 Å². The molecule has 0 saturated carbocycles. The normalized spacial score (nSPS) is 17.2. The fourth-order valence-corrected chi connectivity index (χ4v) is 4.09. The molecule has 6 nitrogen and oxygen atoms in total. The summed E-state index contributed by atoms with van der Waals surface area (Å²) in [6.07, 6.45) is 6.24. The van der Waals surface area contributed by atoms with Gasteiger partial charge in [0.25, 0.3) is 0 Å². The first-order valence-corrected chi connectivity index (χ1v) is 9.64. The van der Waals surface area contributed by atoms with Crippen molar-refractivity contribution in [3.63, 3.8) is 0 Å². The Morgan fingerprint density at radius 2 is 1.71 bits per heavy atom. The summed E-state index contributed by atoms with van der Waals surface area (Å²) >= 11 is 0. The van der Waals surface area contributed by atoms with E-state index in [-0.39, 0.29) is 5.82 Å². The molecule has 152 valence electrons. The molecule has 3 heterocycles. The number of rotatable bonds is 4. The molecule has 1 aliphatic rings. The fourth-order valence-electron chi connectivity index (χ4n) is 4.09. The Kier molecular flexibility index (Phi) is 4.43. The summed E-state index contributed by atoms with van der Waals surface area (Å²) < 4.78 is 20.2. The summed E-state index contributed by atoms with van der Waals surface area (Å²) in [4.78, 5) is 17.2. The van der Waals surface area contributed by atoms with Crippen LogP contribution in [0.3, 0.4) is 0 Å². The van der Waals surface area contributed by atoms with Crippen LogP contribution in [-0.2, 0) is 5.54 Å². The van der Waals surface area contributed by atoms with Gasteiger partial charge in [-0.2, -0.15) is 0 Å². The highest BCUT2D eigenvalue weighted by Crippen LogP contribution is 2.47. The van der Waals surface area contributed by atoms with Gasteiger partial charge in [-0.05, 0) is 34.9 Å². The molecule has 1 atom stereocenters. The Morgan fingerprint density at radius 1 is 0.935 bits per heavy atom. The number of methoxy groups -OCH3 is 1. The topological polar surface area (TPSA) is 86.3 Å². The van der Waals surface area contributed by atoms with Gasteiger partial charge in [0.05, 0.1) is 7.11 Å². The first-order valence-electron chi connectivity index (χ1n) is 9.64. The molecular weight excluding hydrogens is 393 g/mol. The van der Waals surface area contributed by atoms with Crippen molar-refractivity contribution in [2.45, 2.75) is 5.54 Å². The molecule has 4 aromatic rings. The van der Waals surface area contributed by atoms with Crippen molar-refractivity contribution >= 4 is 5.84 Å². The van der Waals surface area contributed by atoms with Crippen molar-refractivity contribution in [3.8, 4) is 17.0 Å². The van der Waals surface area contributed by atoms with E-state index in [1.165, 1.54) is 12.4 Å². The van der Waals surface area contributed by atoms with Crippen LogP contribution in [0.2, 0.25) is 0 Å². The van der Waals surface area contributed by atoms with Gasteiger partial charge in [0.1, 0.15) is 23.5 Å². The smallest absolute Gasteiger partial charge is 0.213 e. The van der Waals surface area contributed by atoms with Crippen molar-refractivity contribution in [1.82, 2.24) is 15.0 Å². The number of nitrogens with zero attached hydrogens (tertiary/aromatic N) is 4. The number of amidine groups is 1. The van der Waals surface area contributed by atoms with Gasteiger partial charge >= 0.3 is 0 Å². The van der Waals surface area contributed by atoms with E-state index in [9.17, 15) is 4.39 Å². The Labute approximate surface area is 178 Å². The summed E-state index contributed by atoms with van der Waals surface area (Å²) in [5.41, 5.74) is 9.66. The second-order valence-electron chi connectivity index (χ2n) is 7.16. The number of halogens is 1. The van der Waals surface area contributed by atoms with Crippen LogP contribution in [-0.4, -0.2) is 27.9 Å². The highest BCUT2D eigenvalue weighted by atomic mass is 19.1. The Hall–Kier alpha value is -4.13. The van der Waals surface area contributed by atoms with E-state index in [4.69, 9.17) is 15.5 Å². The Bertz CT molecular complexity index is 1310. The van der Waals surface area contributed by atoms with E-state index >= 15 is 0 Å². The number of nitrogens with two attached hydrogens (primary N) is 1. The zero-order chi connectivity index (χ0) is 21.4. The summed E-state index contributed by atoms with van der Waals surface area (Å²) in [5.74, 6) is 0.498. The standard InChI is InChI=1S/C24H18FN5O/c1-31-22-11-17(8-9-29-22)24(20-5-3-2-4-18(20)23(26)30-24)16-6-7-21(25)19(10-16)15-12-27-14-28-13-15/h2-14H,1H3,(H2,26,30). The lowest BCUT2D eigenvalue weighted by Gasteiger charge is -2.29. The lowest BCUT2D eigenvalue weighted by molar-refractivity contribution is 0.396. The van der Waals surface area contributed by atoms with E-state index < -0.39 is 5.54 Å². The van der Waals surface area contributed by atoms with E-state index in [0.717, 1.165) is 22.3 Å². The largest absolute Gasteiger partial charge is 0.481 e. The van der Waals surface area contributed by atoms with Gasteiger partial charge < -0.3 is 10.5 Å². The number of hydrogen-bond donors (Lipinski definition) is 1. The highest BCUT2D eigenvalue weighted by Gasteiger charge is 2.43. The lowest BCUT2D eigenvalue weighted by atomic mass is 9.77. The van der Waals surface area contributed by atoms with Gasteiger partial charge in [-0.25, -0.2) is 24.3 Å². The summed E-state index contributed by atoms with van der Waals surface area (Å²) in [6.45, 7) is 0. The quantitative estimate of drug-likeness (QED) is 0.553. The maximum Gasteiger partial charge on any atom is 0.213 e. The fraction of sp³-hybridized carbons (Fsp3) is 0.0833. The van der Waals surface area contributed by atoms with E-state index in [2.05, 4.69) is 15.0 Å². The molecule has 5 rings (SSSR count). The van der Waals surface area contributed by atoms with Crippen molar-refractivity contribution in [1.29, 1.82) is 0 Å². The molecule has 0 bridgehead atoms. The maximum absolute atomic E-state index is 14.8. The maximum atomic E-state index is 14.8. The molecule has 2 aromatic heterocycles. The second-order valence-corrected chi connectivity index (χ2v) is 7.16. The molecule has 2 aromatic carbocycles. The van der Waals surface area contributed by atoms with Gasteiger partial charge in [0, 0.05) is 41.3 Å². The number of pyridine rings is 1. The van der Waals surface area contributed by atoms with Crippen LogP contribution in [0.15, 0.2) is 84.5 Å². The molecule has 0 saturated heterocycles. The third-order valence-electron chi connectivity index (χ3n) is 5.50. The minimum atomic E-state index is -0.977. The molecule has 0 spiro atoms. The highest BCUT2D eigenvalue weighted by molar-refractivity contribution is 6.03. The minimum Gasteiger partial charge on any atom is -0.481 e. The number of aromatic nitrogens is 3. The predicted molar refractivity (Wildman–Crippen MR) is 115 cm³/mol. The van der Waals surface area contributed by atoms with Crippen LogP contribution in [0.4, 0.5) is 4.39 Å². The van der Waals surface area contributed by atoms with Crippen LogP contribution in [0.5, 0.6) is 5.88 Å². The average molecular weight is 411 g/mol. The van der Waals surface area contributed by atoms with Gasteiger partial charge in [-0.15, -0.1) is 0 Å². The number of hydrogen-bond acceptors (Lipinski definition) is 6. The predicted octanol–water partition coefficient (Wildman–Crippen LogP) is 3.70. The average Bonchev–Trinajstić information content (AvgIpc) is 3.13. The first kappa shape index (κ1) is 18.9. The molecule has 2 N–H and O–H groups in total. The molecule has 1 aliphatic heterocycles. The number of ether oxygens (including phenoxy) is 1. The molecule has 0 amide bonds. The van der Waals surface area contributed by atoms with Crippen molar-refractivity contribution in [2.24, 2.45) is 10.7 Å². The molecule has 31 heavy (non-hydrogen) atoms. The van der Waals surface area contributed by atoms with E-state index in [0.29, 0.717) is 22.8 Å². The van der Waals surface area contributed by atoms with Gasteiger partial charge in [-0.3, -0.25) is 0 Å². The summed E-state index contributed by atoms with van der Waals surface area (Å²) in [6, 6.07) is 16.4. The third-order valence-corrected chi connectivity index (χ3v) is 5.50. The number of aliphatic imine (C=N–C) groups is 1. The van der Waals surface area contributed by atoms with E-state index in [1.54, 1.807) is 37.8 Å². The number of benzene rings is 2. The van der Waals surface area contributed by atoms with Crippen LogP contribution >= 0.6 is 0 Å². The lowest BCUT2D eigenvalue weighted by Crippen LogP contribution is -2.25. The molecule has 7 heteroatoms. The van der Waals surface area contributed by atoms with Gasteiger partial charge in [0.15, 0.2) is 0 Å². The number of fused-ring (bicyclic) bond motifs is 1. The van der Waals surface area contributed by atoms with Crippen molar-refractivity contribution in [2.75, 3.05) is 7.11 Å². The van der Waals surface area contributed by atoms with Crippen molar-refractivity contribution in [3.05, 3.63) is 108 Å². The van der Waals surface area contributed by atoms with Gasteiger partial charge in [-0.1, -0.05) is 30.3 Å². The van der Waals surface area contributed by atoms with Crippen LogP contribution < -0.4 is 10.5 Å². The second kappa shape index (κ2) is 7.28. The summed E-state index contributed by atoms with van der Waals surface area (Å²) in [7, 11) is 1.56. The summed E-state index contributed by atoms with van der Waals surface area (Å²) in [5, 5.41) is 0. The van der Waals surface area contributed by atoms with Gasteiger partial charge in [0.2, 0.25) is 5.88 Å².